The van der Waals surface area contributed by atoms with Gasteiger partial charge in [0.05, 0.1) is 0 Å². The van der Waals surface area contributed by atoms with E-state index in [-0.39, 0.29) is 10.4 Å². The smallest absolute Gasteiger partial charge is 0.294 e. The van der Waals surface area contributed by atoms with E-state index >= 15 is 0 Å². The highest BCUT2D eigenvalue weighted by molar-refractivity contribution is 7.85. The molecule has 0 saturated carbocycles. The molecule has 1 heterocycles. The largest absolute Gasteiger partial charge is 0.870 e. The van der Waals surface area contributed by atoms with Gasteiger partial charge in [-0.05, 0) is 6.07 Å². The molecule has 86 valence electrons. The first-order valence-electron chi connectivity index (χ1n) is 4.11. The molecule has 1 aromatic heterocycles. The van der Waals surface area contributed by atoms with E-state index in [0.29, 0.717) is 5.69 Å². The Kier molecular flexibility index (Phi) is 3.43. The van der Waals surface area contributed by atoms with Gasteiger partial charge in [-0.3, -0.25) is 4.55 Å². The third-order valence-corrected chi connectivity index (χ3v) is 2.69. The Morgan fingerprint density at radius 3 is 2.56 bits per heavy atom. The minimum Gasteiger partial charge on any atom is -0.870 e. The summed E-state index contributed by atoms with van der Waals surface area (Å²) < 4.78 is 37.0. The topological polar surface area (TPSA) is 101 Å². The summed E-state index contributed by atoms with van der Waals surface area (Å²) in [6.07, 6.45) is 3.09. The van der Waals surface area contributed by atoms with Crippen LogP contribution >= 0.6 is 0 Å². The average Bonchev–Trinajstić information content (AvgIpc) is 2.69. The van der Waals surface area contributed by atoms with Crippen LogP contribution in [-0.2, 0) is 10.1 Å². The van der Waals surface area contributed by atoms with E-state index < -0.39 is 10.1 Å². The van der Waals surface area contributed by atoms with Crippen LogP contribution in [0.1, 0.15) is 0 Å². The Bertz CT molecular complexity index is 561. The molecule has 1 aromatic carbocycles. The van der Waals surface area contributed by atoms with Gasteiger partial charge < -0.3 is 5.48 Å². The molecule has 0 aliphatic heterocycles. The van der Waals surface area contributed by atoms with Crippen LogP contribution in [-0.4, -0.2) is 18.4 Å². The van der Waals surface area contributed by atoms with Crippen molar-refractivity contribution in [2.75, 3.05) is 0 Å². The molecule has 0 bridgehead atoms. The number of hydrogen-bond acceptors (Lipinski definition) is 4. The third-order valence-electron chi connectivity index (χ3n) is 1.84. The van der Waals surface area contributed by atoms with Crippen LogP contribution in [0.3, 0.4) is 0 Å². The Morgan fingerprint density at radius 2 is 2.00 bits per heavy atom. The number of benzene rings is 1. The Labute approximate surface area is 91.8 Å². The number of rotatable bonds is 2. The Hall–Kier alpha value is -1.70. The maximum Gasteiger partial charge on any atom is 0.294 e. The van der Waals surface area contributed by atoms with Gasteiger partial charge in [0.25, 0.3) is 15.8 Å². The third kappa shape index (κ3) is 2.45. The molecule has 6 nitrogen and oxygen atoms in total. The average molecular weight is 243 g/mol. The molecule has 0 fully saturated rings. The SMILES string of the molecule is O=S(=O)(O)c1cccc(-[n+]2ccco2)c1.[OH-]. The second kappa shape index (κ2) is 4.44. The lowest BCUT2D eigenvalue weighted by atomic mass is 10.3. The van der Waals surface area contributed by atoms with E-state index in [0.717, 1.165) is 0 Å². The van der Waals surface area contributed by atoms with E-state index in [1.54, 1.807) is 18.3 Å². The summed E-state index contributed by atoms with van der Waals surface area (Å²) in [6, 6.07) is 7.48. The van der Waals surface area contributed by atoms with Gasteiger partial charge in [-0.1, -0.05) is 6.07 Å². The molecule has 2 rings (SSSR count). The summed E-state index contributed by atoms with van der Waals surface area (Å²) in [5.41, 5.74) is 0.523. The molecular weight excluding hydrogens is 234 g/mol. The highest BCUT2D eigenvalue weighted by atomic mass is 32.2. The van der Waals surface area contributed by atoms with Crippen molar-refractivity contribution in [2.45, 2.75) is 4.90 Å². The van der Waals surface area contributed by atoms with E-state index in [4.69, 9.17) is 9.08 Å². The summed E-state index contributed by atoms with van der Waals surface area (Å²) in [4.78, 5) is -0.163. The molecule has 0 saturated heterocycles. The molecule has 0 aliphatic carbocycles. The van der Waals surface area contributed by atoms with Gasteiger partial charge in [0.15, 0.2) is 6.26 Å². The lowest BCUT2D eigenvalue weighted by Gasteiger charge is -1.95. The van der Waals surface area contributed by atoms with Crippen LogP contribution in [0.5, 0.6) is 0 Å². The van der Waals surface area contributed by atoms with Gasteiger partial charge in [-0.25, -0.2) is 4.52 Å². The fourth-order valence-corrected chi connectivity index (χ4v) is 1.70. The fraction of sp³-hybridized carbons (Fsp3) is 0. The lowest BCUT2D eigenvalue weighted by Crippen LogP contribution is -2.26. The van der Waals surface area contributed by atoms with Crippen molar-refractivity contribution in [3.63, 3.8) is 0 Å². The lowest BCUT2D eigenvalue weighted by molar-refractivity contribution is -0.784. The molecule has 16 heavy (non-hydrogen) atoms. The monoisotopic (exact) mass is 243 g/mol. The first-order chi connectivity index (χ1) is 7.07. The van der Waals surface area contributed by atoms with Crippen LogP contribution in [0.25, 0.3) is 5.69 Å². The molecule has 2 aromatic rings. The molecule has 0 atom stereocenters. The Balaban J connectivity index is 0.00000128. The van der Waals surface area contributed by atoms with E-state index in [1.807, 2.05) is 0 Å². The fourth-order valence-electron chi connectivity index (χ4n) is 1.18. The minimum absolute atomic E-state index is 0. The number of hydrogen-bond donors (Lipinski definition) is 1. The maximum atomic E-state index is 10.9. The van der Waals surface area contributed by atoms with Gasteiger partial charge in [-0.2, -0.15) is 8.42 Å². The summed E-state index contributed by atoms with van der Waals surface area (Å²) in [6.45, 7) is 0. The predicted molar refractivity (Wildman–Crippen MR) is 52.0 cm³/mol. The van der Waals surface area contributed by atoms with Crippen molar-refractivity contribution >= 4 is 10.1 Å². The highest BCUT2D eigenvalue weighted by Crippen LogP contribution is 2.10. The summed E-state index contributed by atoms with van der Waals surface area (Å²) >= 11 is 0. The molecule has 0 amide bonds. The predicted octanol–water partition coefficient (Wildman–Crippen LogP) is 0.626. The highest BCUT2D eigenvalue weighted by Gasteiger charge is 2.15. The van der Waals surface area contributed by atoms with Gasteiger partial charge >= 0.3 is 0 Å². The zero-order valence-corrected chi connectivity index (χ0v) is 8.83. The second-order valence-corrected chi connectivity index (χ2v) is 4.30. The van der Waals surface area contributed by atoms with Crippen LogP contribution in [0.2, 0.25) is 0 Å². The normalized spacial score (nSPS) is 10.8. The van der Waals surface area contributed by atoms with Crippen molar-refractivity contribution < 1.29 is 27.7 Å². The molecule has 0 spiro atoms. The number of aromatic nitrogens is 1. The number of nitrogens with zero attached hydrogens (tertiary/aromatic N) is 1. The first kappa shape index (κ1) is 12.4. The minimum atomic E-state index is -4.17. The van der Waals surface area contributed by atoms with Crippen molar-refractivity contribution in [1.82, 2.24) is 0 Å². The van der Waals surface area contributed by atoms with Crippen LogP contribution in [0.15, 0.2) is 52.2 Å². The summed E-state index contributed by atoms with van der Waals surface area (Å²) in [5, 5.41) is 0. The van der Waals surface area contributed by atoms with Crippen molar-refractivity contribution in [2.24, 2.45) is 0 Å². The first-order valence-corrected chi connectivity index (χ1v) is 5.55. The van der Waals surface area contributed by atoms with Crippen molar-refractivity contribution in [3.05, 3.63) is 42.8 Å². The summed E-state index contributed by atoms with van der Waals surface area (Å²) in [5.74, 6) is 0. The van der Waals surface area contributed by atoms with Gasteiger partial charge in [0, 0.05) is 22.9 Å². The van der Waals surface area contributed by atoms with Crippen LogP contribution in [0, 0.1) is 0 Å². The van der Waals surface area contributed by atoms with E-state index in [2.05, 4.69) is 0 Å². The quantitative estimate of drug-likeness (QED) is 0.615. The second-order valence-electron chi connectivity index (χ2n) is 2.88. The molecular formula is C9H9NO5S. The zero-order valence-electron chi connectivity index (χ0n) is 8.02. The van der Waals surface area contributed by atoms with E-state index in [1.165, 1.54) is 29.2 Å². The van der Waals surface area contributed by atoms with E-state index in [9.17, 15) is 8.42 Å². The standard InChI is InChI=1S/C9H7NO4S.H2O/c11-15(12,13)9-4-1-3-8(7-9)10-5-2-6-14-10;/h1-7H;1H2. The van der Waals surface area contributed by atoms with Gasteiger partial charge in [-0.15, -0.1) is 0 Å². The molecule has 7 heteroatoms. The van der Waals surface area contributed by atoms with Gasteiger partial charge in [0.2, 0.25) is 6.20 Å². The molecule has 0 radical (unpaired) electrons. The van der Waals surface area contributed by atoms with Crippen LogP contribution in [0.4, 0.5) is 0 Å². The molecule has 0 aliphatic rings. The van der Waals surface area contributed by atoms with Crippen LogP contribution < -0.4 is 4.74 Å². The molecule has 2 N–H and O–H groups in total. The molecule has 0 unspecified atom stereocenters. The summed E-state index contributed by atoms with van der Waals surface area (Å²) in [7, 11) is -4.17. The Morgan fingerprint density at radius 1 is 1.25 bits per heavy atom. The van der Waals surface area contributed by atoms with Crippen molar-refractivity contribution in [3.8, 4) is 5.69 Å². The maximum absolute atomic E-state index is 10.9. The zero-order chi connectivity index (χ0) is 10.9. The van der Waals surface area contributed by atoms with Crippen molar-refractivity contribution in [1.29, 1.82) is 0 Å². The van der Waals surface area contributed by atoms with Gasteiger partial charge in [0.1, 0.15) is 4.90 Å².